The maximum Gasteiger partial charge on any atom is 0.257 e. The van der Waals surface area contributed by atoms with Gasteiger partial charge in [0.2, 0.25) is 5.91 Å². The molecular formula is C26H27N3O4. The van der Waals surface area contributed by atoms with Gasteiger partial charge in [0.05, 0.1) is 12.0 Å². The van der Waals surface area contributed by atoms with E-state index in [2.05, 4.69) is 4.98 Å². The summed E-state index contributed by atoms with van der Waals surface area (Å²) in [5, 5.41) is 0. The molecule has 0 atom stereocenters. The van der Waals surface area contributed by atoms with Gasteiger partial charge in [-0.25, -0.2) is 0 Å². The number of benzene rings is 2. The van der Waals surface area contributed by atoms with Crippen LogP contribution >= 0.6 is 0 Å². The molecule has 1 aliphatic heterocycles. The fourth-order valence-electron chi connectivity index (χ4n) is 3.70. The molecule has 3 aromatic rings. The first-order valence-electron chi connectivity index (χ1n) is 11.1. The van der Waals surface area contributed by atoms with Gasteiger partial charge in [0, 0.05) is 38.1 Å². The SMILES string of the molecule is O=C(Cc1ccccn1)N1CCN(C(=O)c2ccccc2OCCOc2ccccc2)CC1. The lowest BCUT2D eigenvalue weighted by Crippen LogP contribution is -2.51. The maximum absolute atomic E-state index is 13.1. The van der Waals surface area contributed by atoms with Crippen molar-refractivity contribution in [3.63, 3.8) is 0 Å². The summed E-state index contributed by atoms with van der Waals surface area (Å²) in [7, 11) is 0. The van der Waals surface area contributed by atoms with Crippen LogP contribution in [0, 0.1) is 0 Å². The third kappa shape index (κ3) is 6.10. The minimum absolute atomic E-state index is 0.0305. The van der Waals surface area contributed by atoms with Crippen LogP contribution in [0.25, 0.3) is 0 Å². The number of amides is 2. The fourth-order valence-corrected chi connectivity index (χ4v) is 3.70. The first-order valence-corrected chi connectivity index (χ1v) is 11.1. The second-order valence-corrected chi connectivity index (χ2v) is 7.68. The average Bonchev–Trinajstić information content (AvgIpc) is 2.88. The second kappa shape index (κ2) is 11.1. The summed E-state index contributed by atoms with van der Waals surface area (Å²) >= 11 is 0. The molecule has 2 heterocycles. The number of hydrogen-bond acceptors (Lipinski definition) is 5. The summed E-state index contributed by atoms with van der Waals surface area (Å²) in [5.74, 6) is 1.25. The van der Waals surface area contributed by atoms with Crippen molar-refractivity contribution in [3.05, 3.63) is 90.3 Å². The highest BCUT2D eigenvalue weighted by Gasteiger charge is 2.26. The predicted molar refractivity (Wildman–Crippen MR) is 124 cm³/mol. The van der Waals surface area contributed by atoms with E-state index in [1.807, 2.05) is 60.7 Å². The molecule has 0 bridgehead atoms. The molecule has 0 N–H and O–H groups in total. The quantitative estimate of drug-likeness (QED) is 0.499. The molecule has 1 aliphatic rings. The van der Waals surface area contributed by atoms with Crippen LogP contribution in [-0.2, 0) is 11.2 Å². The van der Waals surface area contributed by atoms with Crippen LogP contribution in [0.4, 0.5) is 0 Å². The van der Waals surface area contributed by atoms with Crippen LogP contribution in [-0.4, -0.2) is 66.0 Å². The lowest BCUT2D eigenvalue weighted by Gasteiger charge is -2.35. The number of rotatable bonds is 8. The number of aromatic nitrogens is 1. The van der Waals surface area contributed by atoms with Gasteiger partial charge >= 0.3 is 0 Å². The molecule has 7 nitrogen and oxygen atoms in total. The Hall–Kier alpha value is -3.87. The Bertz CT molecular complexity index is 1050. The van der Waals surface area contributed by atoms with Crippen molar-refractivity contribution in [2.24, 2.45) is 0 Å². The van der Waals surface area contributed by atoms with E-state index < -0.39 is 0 Å². The molecule has 0 radical (unpaired) electrons. The number of piperazine rings is 1. The summed E-state index contributed by atoms with van der Waals surface area (Å²) in [6, 6.07) is 22.3. The van der Waals surface area contributed by atoms with Crippen molar-refractivity contribution in [3.8, 4) is 11.5 Å². The minimum atomic E-state index is -0.0913. The summed E-state index contributed by atoms with van der Waals surface area (Å²) in [6.07, 6.45) is 1.96. The zero-order valence-electron chi connectivity index (χ0n) is 18.4. The molecule has 0 saturated carbocycles. The Morgan fingerprint density at radius 2 is 1.42 bits per heavy atom. The lowest BCUT2D eigenvalue weighted by atomic mass is 10.1. The Balaban J connectivity index is 1.28. The van der Waals surface area contributed by atoms with Crippen molar-refractivity contribution in [1.82, 2.24) is 14.8 Å². The fraction of sp³-hybridized carbons (Fsp3) is 0.269. The van der Waals surface area contributed by atoms with Crippen molar-refractivity contribution in [1.29, 1.82) is 0 Å². The highest BCUT2D eigenvalue weighted by molar-refractivity contribution is 5.97. The number of pyridine rings is 1. The molecular weight excluding hydrogens is 418 g/mol. The van der Waals surface area contributed by atoms with Gasteiger partial charge in [0.15, 0.2) is 0 Å². The van der Waals surface area contributed by atoms with E-state index in [0.29, 0.717) is 50.7 Å². The molecule has 2 aromatic carbocycles. The highest BCUT2D eigenvalue weighted by atomic mass is 16.5. The highest BCUT2D eigenvalue weighted by Crippen LogP contribution is 2.21. The van der Waals surface area contributed by atoms with Gasteiger partial charge in [-0.3, -0.25) is 14.6 Å². The molecule has 4 rings (SSSR count). The Morgan fingerprint density at radius 3 is 2.18 bits per heavy atom. The first-order chi connectivity index (χ1) is 16.2. The molecule has 0 aliphatic carbocycles. The van der Waals surface area contributed by atoms with E-state index in [-0.39, 0.29) is 18.2 Å². The number of nitrogens with zero attached hydrogens (tertiary/aromatic N) is 3. The number of ether oxygens (including phenoxy) is 2. The van der Waals surface area contributed by atoms with Crippen LogP contribution < -0.4 is 9.47 Å². The van der Waals surface area contributed by atoms with E-state index in [9.17, 15) is 9.59 Å². The molecule has 1 aromatic heterocycles. The van der Waals surface area contributed by atoms with Gasteiger partial charge in [0.25, 0.3) is 5.91 Å². The van der Waals surface area contributed by atoms with Crippen molar-refractivity contribution >= 4 is 11.8 Å². The number of hydrogen-bond donors (Lipinski definition) is 0. The van der Waals surface area contributed by atoms with Crippen LogP contribution in [0.1, 0.15) is 16.1 Å². The normalized spacial score (nSPS) is 13.5. The molecule has 2 amide bonds. The Morgan fingerprint density at radius 1 is 0.758 bits per heavy atom. The van der Waals surface area contributed by atoms with Crippen molar-refractivity contribution in [2.45, 2.75) is 6.42 Å². The van der Waals surface area contributed by atoms with E-state index in [0.717, 1.165) is 11.4 Å². The van der Waals surface area contributed by atoms with Crippen LogP contribution in [0.5, 0.6) is 11.5 Å². The third-order valence-electron chi connectivity index (χ3n) is 5.45. The largest absolute Gasteiger partial charge is 0.490 e. The molecule has 1 fully saturated rings. The van der Waals surface area contributed by atoms with Crippen LogP contribution in [0.3, 0.4) is 0 Å². The number of carbonyl (C=O) groups is 2. The van der Waals surface area contributed by atoms with Gasteiger partial charge in [-0.1, -0.05) is 36.4 Å². The predicted octanol–water partition coefficient (Wildman–Crippen LogP) is 3.07. The smallest absolute Gasteiger partial charge is 0.257 e. The number of para-hydroxylation sites is 2. The molecule has 170 valence electrons. The van der Waals surface area contributed by atoms with Gasteiger partial charge in [-0.15, -0.1) is 0 Å². The monoisotopic (exact) mass is 445 g/mol. The summed E-state index contributed by atoms with van der Waals surface area (Å²) < 4.78 is 11.5. The van der Waals surface area contributed by atoms with E-state index >= 15 is 0 Å². The summed E-state index contributed by atoms with van der Waals surface area (Å²) in [5.41, 5.74) is 1.27. The van der Waals surface area contributed by atoms with Gasteiger partial charge in [-0.2, -0.15) is 0 Å². The zero-order chi connectivity index (χ0) is 22.9. The summed E-state index contributed by atoms with van der Waals surface area (Å²) in [4.78, 5) is 33.5. The topological polar surface area (TPSA) is 72.0 Å². The molecule has 1 saturated heterocycles. The summed E-state index contributed by atoms with van der Waals surface area (Å²) in [6.45, 7) is 2.69. The number of carbonyl (C=O) groups excluding carboxylic acids is 2. The Kier molecular flexibility index (Phi) is 7.53. The third-order valence-corrected chi connectivity index (χ3v) is 5.45. The lowest BCUT2D eigenvalue weighted by molar-refractivity contribution is -0.132. The van der Waals surface area contributed by atoms with Crippen LogP contribution in [0.15, 0.2) is 79.0 Å². The van der Waals surface area contributed by atoms with E-state index in [1.54, 1.807) is 28.1 Å². The molecule has 0 spiro atoms. The molecule has 7 heteroatoms. The standard InChI is InChI=1S/C26H27N3O4/c30-25(20-21-8-6-7-13-27-21)28-14-16-29(17-15-28)26(31)23-11-4-5-12-24(23)33-19-18-32-22-9-2-1-3-10-22/h1-13H,14-20H2. The van der Waals surface area contributed by atoms with Crippen molar-refractivity contribution < 1.29 is 19.1 Å². The first kappa shape index (κ1) is 22.3. The van der Waals surface area contributed by atoms with Crippen molar-refractivity contribution in [2.75, 3.05) is 39.4 Å². The van der Waals surface area contributed by atoms with E-state index in [1.165, 1.54) is 0 Å². The average molecular weight is 446 g/mol. The van der Waals surface area contributed by atoms with Crippen LogP contribution in [0.2, 0.25) is 0 Å². The molecule has 33 heavy (non-hydrogen) atoms. The second-order valence-electron chi connectivity index (χ2n) is 7.68. The van der Waals surface area contributed by atoms with Gasteiger partial charge in [-0.05, 0) is 36.4 Å². The maximum atomic E-state index is 13.1. The molecule has 0 unspecified atom stereocenters. The minimum Gasteiger partial charge on any atom is -0.490 e. The van der Waals surface area contributed by atoms with E-state index in [4.69, 9.17) is 9.47 Å². The zero-order valence-corrected chi connectivity index (χ0v) is 18.4. The van der Waals surface area contributed by atoms with Gasteiger partial charge < -0.3 is 19.3 Å². The Labute approximate surface area is 193 Å². The van der Waals surface area contributed by atoms with Gasteiger partial charge in [0.1, 0.15) is 24.7 Å².